The molecule has 3 N–H and O–H groups in total. The number of nitrogens with zero attached hydrogens (tertiary/aromatic N) is 2. The van der Waals surface area contributed by atoms with Crippen LogP contribution < -0.4 is 11.1 Å². The summed E-state index contributed by atoms with van der Waals surface area (Å²) in [6, 6.07) is 6.16. The minimum absolute atomic E-state index is 0.0769. The van der Waals surface area contributed by atoms with E-state index in [-0.39, 0.29) is 10.0 Å². The highest BCUT2D eigenvalue weighted by Crippen LogP contribution is 2.17. The van der Waals surface area contributed by atoms with Crippen LogP contribution in [0.1, 0.15) is 11.1 Å². The van der Waals surface area contributed by atoms with E-state index in [0.717, 1.165) is 5.56 Å². The number of nitrogens with one attached hydrogen (secondary N) is 1. The molecule has 0 unspecified atom stereocenters. The highest BCUT2D eigenvalue weighted by atomic mass is 35.5. The van der Waals surface area contributed by atoms with Gasteiger partial charge in [-0.25, -0.2) is 4.39 Å². The van der Waals surface area contributed by atoms with E-state index in [4.69, 9.17) is 29.6 Å². The van der Waals surface area contributed by atoms with Gasteiger partial charge < -0.3 is 11.1 Å². The molecule has 1 aromatic carbocycles. The molecule has 1 heterocycles. The zero-order chi connectivity index (χ0) is 13.8. The van der Waals surface area contributed by atoms with Gasteiger partial charge in [0.05, 0.1) is 16.8 Å². The Balaban J connectivity index is 2.14. The Morgan fingerprint density at radius 3 is 2.89 bits per heavy atom. The highest BCUT2D eigenvalue weighted by Gasteiger charge is 2.07. The number of benzene rings is 1. The van der Waals surface area contributed by atoms with Crippen molar-refractivity contribution in [2.24, 2.45) is 5.73 Å². The Labute approximate surface area is 119 Å². The third kappa shape index (κ3) is 3.36. The van der Waals surface area contributed by atoms with Crippen molar-refractivity contribution in [3.05, 3.63) is 52.4 Å². The molecule has 0 saturated heterocycles. The van der Waals surface area contributed by atoms with Crippen LogP contribution in [0.5, 0.6) is 0 Å². The fraction of sp³-hybridized carbons (Fsp3) is 0.0833. The molecule has 0 fully saturated rings. The molecule has 0 atom stereocenters. The third-order valence-corrected chi connectivity index (χ3v) is 2.94. The Morgan fingerprint density at radius 2 is 2.21 bits per heavy atom. The van der Waals surface area contributed by atoms with Crippen molar-refractivity contribution in [1.29, 1.82) is 0 Å². The minimum Gasteiger partial charge on any atom is -0.389 e. The van der Waals surface area contributed by atoms with Crippen LogP contribution in [0.4, 0.5) is 10.2 Å². The molecular weight excluding hydrogens is 287 g/mol. The summed E-state index contributed by atoms with van der Waals surface area (Å²) in [5, 5.41) is 10.8. The normalized spacial score (nSPS) is 10.2. The van der Waals surface area contributed by atoms with E-state index < -0.39 is 5.82 Å². The summed E-state index contributed by atoms with van der Waals surface area (Å²) in [6.45, 7) is 0.411. The maximum atomic E-state index is 13.0. The molecule has 0 saturated carbocycles. The molecule has 7 heteroatoms. The SMILES string of the molecule is NC(=S)c1ccnnc1NCc1ccc(F)c(Cl)c1. The van der Waals surface area contributed by atoms with Gasteiger partial charge >= 0.3 is 0 Å². The van der Waals surface area contributed by atoms with Gasteiger partial charge in [0.2, 0.25) is 0 Å². The number of halogens is 2. The van der Waals surface area contributed by atoms with Crippen LogP contribution in [0.25, 0.3) is 0 Å². The van der Waals surface area contributed by atoms with Crippen molar-refractivity contribution in [2.75, 3.05) is 5.32 Å². The quantitative estimate of drug-likeness (QED) is 0.849. The lowest BCUT2D eigenvalue weighted by molar-refractivity contribution is 0.627. The summed E-state index contributed by atoms with van der Waals surface area (Å²) in [7, 11) is 0. The van der Waals surface area contributed by atoms with Gasteiger partial charge in [-0.3, -0.25) is 0 Å². The number of hydrogen-bond donors (Lipinski definition) is 2. The van der Waals surface area contributed by atoms with Crippen LogP contribution in [0.2, 0.25) is 5.02 Å². The van der Waals surface area contributed by atoms with E-state index in [2.05, 4.69) is 15.5 Å². The number of hydrogen-bond acceptors (Lipinski definition) is 4. The van der Waals surface area contributed by atoms with Gasteiger partial charge in [0.1, 0.15) is 10.8 Å². The summed E-state index contributed by atoms with van der Waals surface area (Å²) in [5.41, 5.74) is 7.00. The van der Waals surface area contributed by atoms with Gasteiger partial charge in [0.15, 0.2) is 5.82 Å². The second-order valence-electron chi connectivity index (χ2n) is 3.76. The molecule has 0 aliphatic carbocycles. The molecule has 2 rings (SSSR count). The Hall–Kier alpha value is -1.79. The number of rotatable bonds is 4. The molecule has 0 spiro atoms. The van der Waals surface area contributed by atoms with Crippen molar-refractivity contribution in [3.8, 4) is 0 Å². The van der Waals surface area contributed by atoms with Crippen LogP contribution in [0, 0.1) is 5.82 Å². The van der Waals surface area contributed by atoms with Crippen molar-refractivity contribution >= 4 is 34.6 Å². The van der Waals surface area contributed by atoms with E-state index in [1.165, 1.54) is 12.3 Å². The molecule has 2 aromatic rings. The molecule has 0 bridgehead atoms. The number of aromatic nitrogens is 2. The van der Waals surface area contributed by atoms with Crippen molar-refractivity contribution < 1.29 is 4.39 Å². The van der Waals surface area contributed by atoms with E-state index >= 15 is 0 Å². The first-order valence-electron chi connectivity index (χ1n) is 5.37. The number of nitrogens with two attached hydrogens (primary N) is 1. The lowest BCUT2D eigenvalue weighted by Gasteiger charge is -2.09. The third-order valence-electron chi connectivity index (χ3n) is 2.43. The summed E-state index contributed by atoms with van der Waals surface area (Å²) in [4.78, 5) is 0.231. The minimum atomic E-state index is -0.450. The van der Waals surface area contributed by atoms with Crippen molar-refractivity contribution in [2.45, 2.75) is 6.54 Å². The summed E-state index contributed by atoms with van der Waals surface area (Å²) in [5.74, 6) is 0.0317. The van der Waals surface area contributed by atoms with Crippen LogP contribution in [0.3, 0.4) is 0 Å². The molecule has 1 aromatic heterocycles. The van der Waals surface area contributed by atoms with Gasteiger partial charge in [-0.15, -0.1) is 5.10 Å². The summed E-state index contributed by atoms with van der Waals surface area (Å²) in [6.07, 6.45) is 1.51. The second kappa shape index (κ2) is 5.90. The van der Waals surface area contributed by atoms with E-state index in [1.807, 2.05) is 0 Å². The second-order valence-corrected chi connectivity index (χ2v) is 4.61. The molecule has 0 aliphatic heterocycles. The van der Waals surface area contributed by atoms with Crippen LogP contribution in [-0.4, -0.2) is 15.2 Å². The molecule has 0 radical (unpaired) electrons. The number of anilines is 1. The zero-order valence-corrected chi connectivity index (χ0v) is 11.3. The molecule has 98 valence electrons. The topological polar surface area (TPSA) is 63.8 Å². The smallest absolute Gasteiger partial charge is 0.159 e. The largest absolute Gasteiger partial charge is 0.389 e. The number of thiocarbonyl (C=S) groups is 1. The van der Waals surface area contributed by atoms with E-state index in [1.54, 1.807) is 18.2 Å². The maximum absolute atomic E-state index is 13.0. The zero-order valence-electron chi connectivity index (χ0n) is 9.73. The fourth-order valence-electron chi connectivity index (χ4n) is 1.50. The van der Waals surface area contributed by atoms with Gasteiger partial charge in [-0.05, 0) is 23.8 Å². The monoisotopic (exact) mass is 296 g/mol. The summed E-state index contributed by atoms with van der Waals surface area (Å²) < 4.78 is 13.0. The average molecular weight is 297 g/mol. The standard InChI is InChI=1S/C12H10ClFN4S/c13-9-5-7(1-2-10(9)14)6-16-12-8(11(15)19)3-4-17-18-12/h1-5H,6H2,(H2,15,19)(H,16,18). The molecule has 19 heavy (non-hydrogen) atoms. The molecular formula is C12H10ClFN4S. The lowest BCUT2D eigenvalue weighted by Crippen LogP contribution is -2.14. The Kier molecular flexibility index (Phi) is 4.24. The maximum Gasteiger partial charge on any atom is 0.159 e. The first-order valence-corrected chi connectivity index (χ1v) is 6.16. The van der Waals surface area contributed by atoms with Crippen LogP contribution in [0.15, 0.2) is 30.5 Å². The van der Waals surface area contributed by atoms with Crippen molar-refractivity contribution in [3.63, 3.8) is 0 Å². The highest BCUT2D eigenvalue weighted by molar-refractivity contribution is 7.80. The fourth-order valence-corrected chi connectivity index (χ4v) is 1.86. The predicted molar refractivity (Wildman–Crippen MR) is 76.7 cm³/mol. The average Bonchev–Trinajstić information content (AvgIpc) is 2.40. The predicted octanol–water partition coefficient (Wildman–Crippen LogP) is 2.52. The van der Waals surface area contributed by atoms with Gasteiger partial charge in [-0.2, -0.15) is 5.10 Å². The van der Waals surface area contributed by atoms with Gasteiger partial charge in [-0.1, -0.05) is 29.9 Å². The Morgan fingerprint density at radius 1 is 1.42 bits per heavy atom. The van der Waals surface area contributed by atoms with E-state index in [0.29, 0.717) is 17.9 Å². The van der Waals surface area contributed by atoms with Crippen molar-refractivity contribution in [1.82, 2.24) is 10.2 Å². The first-order chi connectivity index (χ1) is 9.08. The van der Waals surface area contributed by atoms with Crippen LogP contribution >= 0.6 is 23.8 Å². The van der Waals surface area contributed by atoms with E-state index in [9.17, 15) is 4.39 Å². The van der Waals surface area contributed by atoms with Crippen LogP contribution in [-0.2, 0) is 6.54 Å². The first kappa shape index (κ1) is 13.6. The molecule has 0 aliphatic rings. The lowest BCUT2D eigenvalue weighted by atomic mass is 10.2. The van der Waals surface area contributed by atoms with Gasteiger partial charge in [0.25, 0.3) is 0 Å². The Bertz CT molecular complexity index is 620. The van der Waals surface area contributed by atoms with Gasteiger partial charge in [0, 0.05) is 6.54 Å². The molecule has 4 nitrogen and oxygen atoms in total. The summed E-state index contributed by atoms with van der Waals surface area (Å²) >= 11 is 10.6. The molecule has 0 amide bonds.